The van der Waals surface area contributed by atoms with Crippen molar-refractivity contribution in [2.45, 2.75) is 51.5 Å². The number of hydrogen-bond donors (Lipinski definition) is 0. The highest BCUT2D eigenvalue weighted by molar-refractivity contribution is 6.16. The van der Waals surface area contributed by atoms with Gasteiger partial charge in [-0.25, -0.2) is 4.98 Å². The molecular formula is C16H22ClN3O. The minimum Gasteiger partial charge on any atom is -0.481 e. The summed E-state index contributed by atoms with van der Waals surface area (Å²) in [4.78, 5) is 9.25. The standard InChI is InChI=1S/C16H22ClN3O/c1-16(2)8-4-5-11(9-16)20-13(10-17)18-12-6-7-14(21-3)19-15(12)20/h6-7,11H,4-5,8-10H2,1-3H3. The van der Waals surface area contributed by atoms with Crippen molar-refractivity contribution in [1.82, 2.24) is 14.5 Å². The molecule has 0 amide bonds. The van der Waals surface area contributed by atoms with Gasteiger partial charge in [0.1, 0.15) is 11.3 Å². The van der Waals surface area contributed by atoms with Crippen LogP contribution in [0.3, 0.4) is 0 Å². The second-order valence-electron chi connectivity index (χ2n) is 6.64. The summed E-state index contributed by atoms with van der Waals surface area (Å²) in [6, 6.07) is 4.23. The topological polar surface area (TPSA) is 39.9 Å². The van der Waals surface area contributed by atoms with E-state index in [1.165, 1.54) is 12.8 Å². The molecular weight excluding hydrogens is 286 g/mol. The van der Waals surface area contributed by atoms with Gasteiger partial charge in [0.25, 0.3) is 0 Å². The average molecular weight is 308 g/mol. The first kappa shape index (κ1) is 14.6. The lowest BCUT2D eigenvalue weighted by Crippen LogP contribution is -2.26. The summed E-state index contributed by atoms with van der Waals surface area (Å²) in [7, 11) is 1.64. The Labute approximate surface area is 130 Å². The molecule has 0 aromatic carbocycles. The molecule has 2 heterocycles. The van der Waals surface area contributed by atoms with Crippen LogP contribution in [0.5, 0.6) is 5.88 Å². The molecule has 114 valence electrons. The normalized spacial score (nSPS) is 21.6. The second kappa shape index (κ2) is 5.48. The van der Waals surface area contributed by atoms with E-state index < -0.39 is 0 Å². The summed E-state index contributed by atoms with van der Waals surface area (Å²) in [6.07, 6.45) is 4.82. The number of methoxy groups -OCH3 is 1. The van der Waals surface area contributed by atoms with Crippen LogP contribution < -0.4 is 4.74 Å². The molecule has 0 N–H and O–H groups in total. The number of pyridine rings is 1. The SMILES string of the molecule is COc1ccc2nc(CCl)n(C3CCCC(C)(C)C3)c2n1. The Kier molecular flexibility index (Phi) is 3.82. The monoisotopic (exact) mass is 307 g/mol. The number of imidazole rings is 1. The Hall–Kier alpha value is -1.29. The second-order valence-corrected chi connectivity index (χ2v) is 6.91. The van der Waals surface area contributed by atoms with Gasteiger partial charge in [0.05, 0.1) is 13.0 Å². The summed E-state index contributed by atoms with van der Waals surface area (Å²) in [5.74, 6) is 1.95. The van der Waals surface area contributed by atoms with E-state index in [1.807, 2.05) is 12.1 Å². The molecule has 4 nitrogen and oxygen atoms in total. The molecule has 2 aromatic heterocycles. The third-order valence-electron chi connectivity index (χ3n) is 4.46. The smallest absolute Gasteiger partial charge is 0.215 e. The Morgan fingerprint density at radius 1 is 1.38 bits per heavy atom. The minimum atomic E-state index is 0.363. The number of rotatable bonds is 3. The first-order valence-corrected chi connectivity index (χ1v) is 8.05. The van der Waals surface area contributed by atoms with Crippen LogP contribution in [0.15, 0.2) is 12.1 Å². The van der Waals surface area contributed by atoms with Crippen molar-refractivity contribution in [3.63, 3.8) is 0 Å². The van der Waals surface area contributed by atoms with Crippen LogP contribution in [-0.4, -0.2) is 21.6 Å². The molecule has 0 radical (unpaired) electrons. The molecule has 1 aliphatic carbocycles. The lowest BCUT2D eigenvalue weighted by molar-refractivity contribution is 0.183. The van der Waals surface area contributed by atoms with Crippen LogP contribution in [-0.2, 0) is 5.88 Å². The van der Waals surface area contributed by atoms with Gasteiger partial charge in [-0.3, -0.25) is 0 Å². The quantitative estimate of drug-likeness (QED) is 0.793. The van der Waals surface area contributed by atoms with Crippen LogP contribution >= 0.6 is 11.6 Å². The lowest BCUT2D eigenvalue weighted by Gasteiger charge is -2.36. The predicted molar refractivity (Wildman–Crippen MR) is 84.9 cm³/mol. The van der Waals surface area contributed by atoms with Crippen molar-refractivity contribution in [2.75, 3.05) is 7.11 Å². The number of nitrogens with zero attached hydrogens (tertiary/aromatic N) is 3. The van der Waals surface area contributed by atoms with Crippen LogP contribution in [0.4, 0.5) is 0 Å². The van der Waals surface area contributed by atoms with Gasteiger partial charge in [0, 0.05) is 12.1 Å². The van der Waals surface area contributed by atoms with E-state index in [2.05, 4.69) is 28.4 Å². The summed E-state index contributed by atoms with van der Waals surface area (Å²) in [6.45, 7) is 4.68. The van der Waals surface area contributed by atoms with Crippen LogP contribution in [0, 0.1) is 5.41 Å². The van der Waals surface area contributed by atoms with Crippen LogP contribution in [0.1, 0.15) is 51.4 Å². The van der Waals surface area contributed by atoms with Crippen LogP contribution in [0.25, 0.3) is 11.2 Å². The maximum absolute atomic E-state index is 6.13. The van der Waals surface area contributed by atoms with Crippen molar-refractivity contribution in [1.29, 1.82) is 0 Å². The fraction of sp³-hybridized carbons (Fsp3) is 0.625. The zero-order chi connectivity index (χ0) is 15.0. The maximum atomic E-state index is 6.13. The van der Waals surface area contributed by atoms with Crippen molar-refractivity contribution >= 4 is 22.8 Å². The zero-order valence-corrected chi connectivity index (χ0v) is 13.7. The Balaban J connectivity index is 2.10. The average Bonchev–Trinajstić information content (AvgIpc) is 2.83. The highest BCUT2D eigenvalue weighted by Gasteiger charge is 2.31. The molecule has 3 rings (SSSR count). The highest BCUT2D eigenvalue weighted by Crippen LogP contribution is 2.42. The fourth-order valence-corrected chi connectivity index (χ4v) is 3.66. The molecule has 0 bridgehead atoms. The van der Waals surface area contributed by atoms with Gasteiger partial charge in [0.15, 0.2) is 5.65 Å². The zero-order valence-electron chi connectivity index (χ0n) is 12.9. The van der Waals surface area contributed by atoms with Gasteiger partial charge < -0.3 is 9.30 Å². The van der Waals surface area contributed by atoms with Crippen LogP contribution in [0.2, 0.25) is 0 Å². The number of halogens is 1. The lowest BCUT2D eigenvalue weighted by atomic mass is 9.75. The molecule has 1 fully saturated rings. The number of hydrogen-bond acceptors (Lipinski definition) is 3. The van der Waals surface area contributed by atoms with Gasteiger partial charge in [0.2, 0.25) is 5.88 Å². The maximum Gasteiger partial charge on any atom is 0.215 e. The molecule has 2 aromatic rings. The Bertz CT molecular complexity index is 650. The van der Waals surface area contributed by atoms with Gasteiger partial charge >= 0.3 is 0 Å². The molecule has 0 aliphatic heterocycles. The Morgan fingerprint density at radius 2 is 2.19 bits per heavy atom. The van der Waals surface area contributed by atoms with Crippen molar-refractivity contribution in [3.05, 3.63) is 18.0 Å². The van der Waals surface area contributed by atoms with E-state index in [4.69, 9.17) is 16.3 Å². The van der Waals surface area contributed by atoms with Crippen molar-refractivity contribution in [2.24, 2.45) is 5.41 Å². The fourth-order valence-electron chi connectivity index (χ4n) is 3.47. The third kappa shape index (κ3) is 2.73. The summed E-state index contributed by atoms with van der Waals surface area (Å²) < 4.78 is 7.51. The Morgan fingerprint density at radius 3 is 2.86 bits per heavy atom. The van der Waals surface area contributed by atoms with Gasteiger partial charge in [-0.15, -0.1) is 11.6 Å². The van der Waals surface area contributed by atoms with Gasteiger partial charge in [-0.05, 0) is 30.7 Å². The summed E-state index contributed by atoms with van der Waals surface area (Å²) in [5, 5.41) is 0. The molecule has 0 spiro atoms. The molecule has 0 saturated heterocycles. The number of ether oxygens (including phenoxy) is 1. The van der Waals surface area contributed by atoms with E-state index in [-0.39, 0.29) is 0 Å². The minimum absolute atomic E-state index is 0.363. The van der Waals surface area contributed by atoms with Crippen molar-refractivity contribution < 1.29 is 4.74 Å². The molecule has 1 unspecified atom stereocenters. The first-order chi connectivity index (χ1) is 10.0. The predicted octanol–water partition coefficient (Wildman–Crippen LogP) is 4.32. The highest BCUT2D eigenvalue weighted by atomic mass is 35.5. The largest absolute Gasteiger partial charge is 0.481 e. The number of alkyl halides is 1. The van der Waals surface area contributed by atoms with Crippen molar-refractivity contribution in [3.8, 4) is 5.88 Å². The third-order valence-corrected chi connectivity index (χ3v) is 4.70. The first-order valence-electron chi connectivity index (χ1n) is 7.52. The molecule has 1 saturated carbocycles. The van der Waals surface area contributed by atoms with E-state index in [0.717, 1.165) is 29.8 Å². The van der Waals surface area contributed by atoms with E-state index in [1.54, 1.807) is 7.11 Å². The summed E-state index contributed by atoms with van der Waals surface area (Å²) in [5.41, 5.74) is 2.16. The molecule has 1 aliphatic rings. The van der Waals surface area contributed by atoms with Gasteiger partial charge in [-0.2, -0.15) is 4.98 Å². The van der Waals surface area contributed by atoms with E-state index >= 15 is 0 Å². The van der Waals surface area contributed by atoms with E-state index in [0.29, 0.717) is 23.2 Å². The summed E-state index contributed by atoms with van der Waals surface area (Å²) >= 11 is 6.13. The van der Waals surface area contributed by atoms with E-state index in [9.17, 15) is 0 Å². The number of aromatic nitrogens is 3. The molecule has 5 heteroatoms. The molecule has 1 atom stereocenters. The molecule has 21 heavy (non-hydrogen) atoms. The van der Waals surface area contributed by atoms with Gasteiger partial charge in [-0.1, -0.05) is 20.3 Å². The number of fused-ring (bicyclic) bond motifs is 1.